The molecular weight excluding hydrogens is 286 g/mol. The van der Waals surface area contributed by atoms with Gasteiger partial charge in [-0.1, -0.05) is 24.4 Å². The summed E-state index contributed by atoms with van der Waals surface area (Å²) in [6.07, 6.45) is 6.89. The molecule has 1 spiro atoms. The smallest absolute Gasteiger partial charge is 0.243 e. The Labute approximate surface area is 130 Å². The number of rotatable bonds is 4. The van der Waals surface area contributed by atoms with Crippen molar-refractivity contribution in [1.29, 1.82) is 0 Å². The molecule has 0 unspecified atom stereocenters. The van der Waals surface area contributed by atoms with Gasteiger partial charge in [0, 0.05) is 30.7 Å². The highest BCUT2D eigenvalue weighted by Gasteiger charge is 2.39. The standard InChI is InChI=1S/C15H25N3O2S/c1-12(14-16-13(10-19-2)17-20-14)18-8-9-21-15(11-18)6-4-3-5-7-15/h12H,3-11H2,1-2H3/t12-/m1/s1. The highest BCUT2D eigenvalue weighted by Crippen LogP contribution is 2.44. The van der Waals surface area contributed by atoms with Crippen LogP contribution in [0.25, 0.3) is 0 Å². The molecule has 3 rings (SSSR count). The lowest BCUT2D eigenvalue weighted by Crippen LogP contribution is -2.48. The van der Waals surface area contributed by atoms with Crippen molar-refractivity contribution >= 4 is 11.8 Å². The van der Waals surface area contributed by atoms with Crippen molar-refractivity contribution in [3.05, 3.63) is 11.7 Å². The third-order valence-corrected chi connectivity index (χ3v) is 6.24. The summed E-state index contributed by atoms with van der Waals surface area (Å²) in [5, 5.41) is 3.98. The van der Waals surface area contributed by atoms with Crippen LogP contribution in [0.2, 0.25) is 0 Å². The van der Waals surface area contributed by atoms with Crippen LogP contribution >= 0.6 is 11.8 Å². The predicted molar refractivity (Wildman–Crippen MR) is 83.3 cm³/mol. The van der Waals surface area contributed by atoms with Crippen LogP contribution in [0.1, 0.15) is 56.8 Å². The van der Waals surface area contributed by atoms with Crippen molar-refractivity contribution in [2.24, 2.45) is 0 Å². The van der Waals surface area contributed by atoms with Crippen LogP contribution in [-0.4, -0.2) is 45.7 Å². The minimum absolute atomic E-state index is 0.197. The van der Waals surface area contributed by atoms with Crippen molar-refractivity contribution in [1.82, 2.24) is 15.0 Å². The first-order valence-corrected chi connectivity index (χ1v) is 8.90. The summed E-state index contributed by atoms with van der Waals surface area (Å²) < 4.78 is 10.9. The molecule has 5 nitrogen and oxygen atoms in total. The lowest BCUT2D eigenvalue weighted by Gasteiger charge is -2.46. The third-order valence-electron chi connectivity index (χ3n) is 4.71. The summed E-state index contributed by atoms with van der Waals surface area (Å²) in [5.74, 6) is 2.57. The first kappa shape index (κ1) is 15.3. The molecule has 1 saturated heterocycles. The molecule has 1 aliphatic heterocycles. The Morgan fingerprint density at radius 2 is 2.19 bits per heavy atom. The van der Waals surface area contributed by atoms with E-state index in [9.17, 15) is 0 Å². The molecule has 6 heteroatoms. The van der Waals surface area contributed by atoms with Crippen LogP contribution in [0.4, 0.5) is 0 Å². The fraction of sp³-hybridized carbons (Fsp3) is 0.867. The van der Waals surface area contributed by atoms with E-state index in [1.165, 1.54) is 37.9 Å². The quantitative estimate of drug-likeness (QED) is 0.852. The summed E-state index contributed by atoms with van der Waals surface area (Å²) in [5.41, 5.74) is 0. The van der Waals surface area contributed by atoms with Crippen molar-refractivity contribution in [2.45, 2.75) is 56.4 Å². The van der Waals surface area contributed by atoms with E-state index in [1.807, 2.05) is 0 Å². The van der Waals surface area contributed by atoms with Gasteiger partial charge < -0.3 is 9.26 Å². The molecule has 2 heterocycles. The summed E-state index contributed by atoms with van der Waals surface area (Å²) in [6, 6.07) is 0.197. The average Bonchev–Trinajstić information content (AvgIpc) is 2.96. The van der Waals surface area contributed by atoms with E-state index >= 15 is 0 Å². The molecule has 0 aromatic carbocycles. The lowest BCUT2D eigenvalue weighted by molar-refractivity contribution is 0.146. The Balaban J connectivity index is 1.66. The highest BCUT2D eigenvalue weighted by molar-refractivity contribution is 8.00. The maximum Gasteiger partial charge on any atom is 0.243 e. The largest absolute Gasteiger partial charge is 0.377 e. The zero-order valence-electron chi connectivity index (χ0n) is 13.0. The first-order chi connectivity index (χ1) is 10.2. The SMILES string of the molecule is COCc1noc([C@@H](C)N2CCSC3(CCCCC3)C2)n1. The van der Waals surface area contributed by atoms with Crippen LogP contribution in [0.5, 0.6) is 0 Å². The first-order valence-electron chi connectivity index (χ1n) is 7.92. The zero-order chi connectivity index (χ0) is 14.7. The van der Waals surface area contributed by atoms with Crippen LogP contribution in [-0.2, 0) is 11.3 Å². The average molecular weight is 311 g/mol. The molecule has 2 aliphatic rings. The highest BCUT2D eigenvalue weighted by atomic mass is 32.2. The molecule has 0 radical (unpaired) electrons. The molecule has 2 fully saturated rings. The maximum absolute atomic E-state index is 5.42. The van der Waals surface area contributed by atoms with Gasteiger partial charge in [-0.15, -0.1) is 0 Å². The Bertz CT molecular complexity index is 454. The number of aromatic nitrogens is 2. The summed E-state index contributed by atoms with van der Waals surface area (Å²) in [7, 11) is 1.65. The Morgan fingerprint density at radius 3 is 2.95 bits per heavy atom. The molecule has 1 aromatic rings. The van der Waals surface area contributed by atoms with E-state index in [0.29, 0.717) is 17.2 Å². The second kappa shape index (κ2) is 6.67. The van der Waals surface area contributed by atoms with E-state index in [1.54, 1.807) is 7.11 Å². The van der Waals surface area contributed by atoms with Gasteiger partial charge in [-0.3, -0.25) is 4.90 Å². The van der Waals surface area contributed by atoms with Crippen LogP contribution in [0, 0.1) is 0 Å². The van der Waals surface area contributed by atoms with E-state index in [2.05, 4.69) is 33.7 Å². The second-order valence-electron chi connectivity index (χ2n) is 6.22. The topological polar surface area (TPSA) is 51.4 Å². The van der Waals surface area contributed by atoms with Gasteiger partial charge in [0.25, 0.3) is 0 Å². The van der Waals surface area contributed by atoms with Crippen LogP contribution < -0.4 is 0 Å². The van der Waals surface area contributed by atoms with Gasteiger partial charge in [0.05, 0.1) is 6.04 Å². The number of nitrogens with zero attached hydrogens (tertiary/aromatic N) is 3. The van der Waals surface area contributed by atoms with Gasteiger partial charge in [-0.05, 0) is 19.8 Å². The van der Waals surface area contributed by atoms with Gasteiger partial charge >= 0.3 is 0 Å². The second-order valence-corrected chi connectivity index (χ2v) is 7.78. The summed E-state index contributed by atoms with van der Waals surface area (Å²) in [4.78, 5) is 6.98. The van der Waals surface area contributed by atoms with Gasteiger partial charge in [-0.25, -0.2) is 0 Å². The molecule has 1 saturated carbocycles. The molecular formula is C15H25N3O2S. The maximum atomic E-state index is 5.42. The van der Waals surface area contributed by atoms with Gasteiger partial charge in [0.1, 0.15) is 6.61 Å². The van der Waals surface area contributed by atoms with E-state index in [4.69, 9.17) is 9.26 Å². The Morgan fingerprint density at radius 1 is 1.38 bits per heavy atom. The summed E-state index contributed by atoms with van der Waals surface area (Å²) >= 11 is 2.19. The third kappa shape index (κ3) is 3.43. The van der Waals surface area contributed by atoms with E-state index in [-0.39, 0.29) is 6.04 Å². The van der Waals surface area contributed by atoms with Crippen molar-refractivity contribution in [3.63, 3.8) is 0 Å². The minimum Gasteiger partial charge on any atom is -0.377 e. The molecule has 21 heavy (non-hydrogen) atoms. The number of methoxy groups -OCH3 is 1. The number of ether oxygens (including phenoxy) is 1. The molecule has 1 atom stereocenters. The molecule has 0 bridgehead atoms. The lowest BCUT2D eigenvalue weighted by atomic mass is 9.87. The number of hydrogen-bond acceptors (Lipinski definition) is 6. The normalized spacial score (nSPS) is 24.3. The molecule has 0 amide bonds. The Kier molecular flexibility index (Phi) is 4.86. The number of hydrogen-bond donors (Lipinski definition) is 0. The van der Waals surface area contributed by atoms with Crippen LogP contribution in [0.3, 0.4) is 0 Å². The van der Waals surface area contributed by atoms with E-state index < -0.39 is 0 Å². The monoisotopic (exact) mass is 311 g/mol. The van der Waals surface area contributed by atoms with Gasteiger partial charge in [0.2, 0.25) is 5.89 Å². The van der Waals surface area contributed by atoms with Gasteiger partial charge in [-0.2, -0.15) is 16.7 Å². The van der Waals surface area contributed by atoms with Crippen LogP contribution in [0.15, 0.2) is 4.52 Å². The van der Waals surface area contributed by atoms with Gasteiger partial charge in [0.15, 0.2) is 5.82 Å². The van der Waals surface area contributed by atoms with Crippen molar-refractivity contribution in [3.8, 4) is 0 Å². The Hall–Kier alpha value is -0.590. The van der Waals surface area contributed by atoms with Crippen molar-refractivity contribution < 1.29 is 9.26 Å². The molecule has 118 valence electrons. The molecule has 1 aromatic heterocycles. The van der Waals surface area contributed by atoms with Crippen molar-refractivity contribution in [2.75, 3.05) is 26.0 Å². The minimum atomic E-state index is 0.197. The molecule has 0 N–H and O–H groups in total. The fourth-order valence-corrected chi connectivity index (χ4v) is 5.08. The molecule has 1 aliphatic carbocycles. The number of thioether (sulfide) groups is 1. The predicted octanol–water partition coefficient (Wildman–Crippen LogP) is 3.03. The fourth-order valence-electron chi connectivity index (χ4n) is 3.48. The zero-order valence-corrected chi connectivity index (χ0v) is 13.8. The van der Waals surface area contributed by atoms with E-state index in [0.717, 1.165) is 19.0 Å². The summed E-state index contributed by atoms with van der Waals surface area (Å²) in [6.45, 7) is 4.85.